The van der Waals surface area contributed by atoms with Crippen molar-refractivity contribution in [3.8, 4) is 23.0 Å². The Hall–Kier alpha value is -2.45. The zero-order valence-corrected chi connectivity index (χ0v) is 16.1. The van der Waals surface area contributed by atoms with Crippen LogP contribution in [0, 0.1) is 6.92 Å². The van der Waals surface area contributed by atoms with Gasteiger partial charge in [0.15, 0.2) is 0 Å². The second kappa shape index (κ2) is 8.77. The molecular formula is C18H23NO6S. The molecule has 0 aliphatic heterocycles. The molecule has 7 nitrogen and oxygen atoms in total. The summed E-state index contributed by atoms with van der Waals surface area (Å²) in [4.78, 5) is 0.179. The summed E-state index contributed by atoms with van der Waals surface area (Å²) in [6.45, 7) is 2.06. The molecular weight excluding hydrogens is 358 g/mol. The SMILES string of the molecule is COc1cc(OC)cc(OCCNS(=O)(=O)c2ccc(OC)c(C)c2)c1. The van der Waals surface area contributed by atoms with Crippen molar-refractivity contribution in [3.63, 3.8) is 0 Å². The van der Waals surface area contributed by atoms with E-state index in [2.05, 4.69) is 4.72 Å². The molecule has 0 aliphatic rings. The van der Waals surface area contributed by atoms with Crippen molar-refractivity contribution < 1.29 is 27.4 Å². The molecule has 0 spiro atoms. The van der Waals surface area contributed by atoms with Gasteiger partial charge in [-0.3, -0.25) is 0 Å². The predicted molar refractivity (Wildman–Crippen MR) is 98.0 cm³/mol. The van der Waals surface area contributed by atoms with E-state index >= 15 is 0 Å². The molecule has 0 fully saturated rings. The summed E-state index contributed by atoms with van der Waals surface area (Å²) in [5, 5.41) is 0. The normalized spacial score (nSPS) is 11.1. The van der Waals surface area contributed by atoms with E-state index in [1.165, 1.54) is 6.07 Å². The Morgan fingerprint density at radius 3 is 2.04 bits per heavy atom. The summed E-state index contributed by atoms with van der Waals surface area (Å²) < 4.78 is 48.3. The Labute approximate surface area is 153 Å². The first-order valence-corrected chi connectivity index (χ1v) is 9.38. The zero-order valence-electron chi connectivity index (χ0n) is 15.2. The summed E-state index contributed by atoms with van der Waals surface area (Å²) >= 11 is 0. The van der Waals surface area contributed by atoms with Crippen LogP contribution in [0.1, 0.15) is 5.56 Å². The molecule has 2 aromatic rings. The van der Waals surface area contributed by atoms with Crippen molar-refractivity contribution in [1.29, 1.82) is 0 Å². The van der Waals surface area contributed by atoms with E-state index in [4.69, 9.17) is 18.9 Å². The van der Waals surface area contributed by atoms with Crippen LogP contribution < -0.4 is 23.7 Å². The topological polar surface area (TPSA) is 83.1 Å². The highest BCUT2D eigenvalue weighted by Gasteiger charge is 2.15. The fourth-order valence-corrected chi connectivity index (χ4v) is 3.41. The fraction of sp³-hybridized carbons (Fsp3) is 0.333. The molecule has 0 radical (unpaired) electrons. The average molecular weight is 381 g/mol. The van der Waals surface area contributed by atoms with Gasteiger partial charge >= 0.3 is 0 Å². The maximum absolute atomic E-state index is 12.3. The smallest absolute Gasteiger partial charge is 0.240 e. The lowest BCUT2D eigenvalue weighted by atomic mass is 10.2. The largest absolute Gasteiger partial charge is 0.496 e. The Balaban J connectivity index is 1.96. The second-order valence-corrected chi connectivity index (χ2v) is 7.19. The Morgan fingerprint density at radius 1 is 0.885 bits per heavy atom. The number of methoxy groups -OCH3 is 3. The summed E-state index contributed by atoms with van der Waals surface area (Å²) in [7, 11) is 1.01. The van der Waals surface area contributed by atoms with Crippen molar-refractivity contribution >= 4 is 10.0 Å². The van der Waals surface area contributed by atoms with Crippen LogP contribution in [0.5, 0.6) is 23.0 Å². The van der Waals surface area contributed by atoms with Gasteiger partial charge in [-0.05, 0) is 30.7 Å². The standard InChI is InChI=1S/C18H23NO6S/c1-13-9-17(5-6-18(13)24-4)26(20,21)19-7-8-25-16-11-14(22-2)10-15(12-16)23-3/h5-6,9-12,19H,7-8H2,1-4H3. The third-order valence-corrected chi connectivity index (χ3v) is 5.12. The molecule has 2 aromatic carbocycles. The van der Waals surface area contributed by atoms with Crippen LogP contribution in [0.4, 0.5) is 0 Å². The monoisotopic (exact) mass is 381 g/mol. The van der Waals surface area contributed by atoms with Gasteiger partial charge in [0, 0.05) is 24.7 Å². The predicted octanol–water partition coefficient (Wildman–Crippen LogP) is 2.38. The third-order valence-electron chi connectivity index (χ3n) is 3.66. The minimum absolute atomic E-state index is 0.118. The van der Waals surface area contributed by atoms with Crippen LogP contribution in [-0.2, 0) is 10.0 Å². The van der Waals surface area contributed by atoms with Crippen molar-refractivity contribution in [2.45, 2.75) is 11.8 Å². The number of aryl methyl sites for hydroxylation is 1. The summed E-state index contributed by atoms with van der Waals surface area (Å²) in [6.07, 6.45) is 0. The molecule has 0 aromatic heterocycles. The molecule has 8 heteroatoms. The van der Waals surface area contributed by atoms with E-state index in [9.17, 15) is 8.42 Å². The van der Waals surface area contributed by atoms with Crippen molar-refractivity contribution in [1.82, 2.24) is 4.72 Å². The second-order valence-electron chi connectivity index (χ2n) is 5.43. The summed E-state index contributed by atoms with van der Waals surface area (Å²) in [5.41, 5.74) is 0.745. The number of sulfonamides is 1. The quantitative estimate of drug-likeness (QED) is 0.672. The van der Waals surface area contributed by atoms with E-state index in [0.717, 1.165) is 5.56 Å². The molecule has 0 saturated carbocycles. The van der Waals surface area contributed by atoms with Crippen LogP contribution in [0.25, 0.3) is 0 Å². The van der Waals surface area contributed by atoms with E-state index in [1.807, 2.05) is 0 Å². The molecule has 26 heavy (non-hydrogen) atoms. The number of ether oxygens (including phenoxy) is 4. The lowest BCUT2D eigenvalue weighted by molar-refractivity contribution is 0.316. The molecule has 2 rings (SSSR count). The van der Waals surface area contributed by atoms with E-state index in [0.29, 0.717) is 23.0 Å². The van der Waals surface area contributed by atoms with Gasteiger partial charge in [-0.2, -0.15) is 0 Å². The minimum atomic E-state index is -3.62. The van der Waals surface area contributed by atoms with Crippen LogP contribution in [0.2, 0.25) is 0 Å². The van der Waals surface area contributed by atoms with Crippen LogP contribution in [0.15, 0.2) is 41.3 Å². The summed E-state index contributed by atoms with van der Waals surface area (Å²) in [5.74, 6) is 2.35. The minimum Gasteiger partial charge on any atom is -0.496 e. The Bertz CT molecular complexity index is 829. The first-order chi connectivity index (χ1) is 12.4. The van der Waals surface area contributed by atoms with Gasteiger partial charge in [0.25, 0.3) is 0 Å². The number of hydrogen-bond donors (Lipinski definition) is 1. The van der Waals surface area contributed by atoms with Crippen molar-refractivity contribution in [3.05, 3.63) is 42.0 Å². The third kappa shape index (κ3) is 5.03. The number of benzene rings is 2. The zero-order chi connectivity index (χ0) is 19.2. The van der Waals surface area contributed by atoms with Crippen molar-refractivity contribution in [2.24, 2.45) is 0 Å². The van der Waals surface area contributed by atoms with E-state index in [-0.39, 0.29) is 18.0 Å². The van der Waals surface area contributed by atoms with Crippen LogP contribution in [-0.4, -0.2) is 42.9 Å². The molecule has 0 saturated heterocycles. The first kappa shape index (κ1) is 19.9. The molecule has 0 unspecified atom stereocenters. The molecule has 1 N–H and O–H groups in total. The van der Waals surface area contributed by atoms with Gasteiger partial charge in [0.1, 0.15) is 29.6 Å². The van der Waals surface area contributed by atoms with Gasteiger partial charge in [-0.25, -0.2) is 13.1 Å². The van der Waals surface area contributed by atoms with Gasteiger partial charge < -0.3 is 18.9 Å². The first-order valence-electron chi connectivity index (χ1n) is 7.90. The highest BCUT2D eigenvalue weighted by atomic mass is 32.2. The number of nitrogens with one attached hydrogen (secondary N) is 1. The van der Waals surface area contributed by atoms with Gasteiger partial charge in [-0.15, -0.1) is 0 Å². The Morgan fingerprint density at radius 2 is 1.50 bits per heavy atom. The Kier molecular flexibility index (Phi) is 6.70. The lowest BCUT2D eigenvalue weighted by Crippen LogP contribution is -2.28. The van der Waals surface area contributed by atoms with Crippen LogP contribution in [0.3, 0.4) is 0 Å². The summed E-state index contributed by atoms with van der Waals surface area (Å²) in [6, 6.07) is 9.81. The molecule has 142 valence electrons. The highest BCUT2D eigenvalue weighted by molar-refractivity contribution is 7.89. The number of hydrogen-bond acceptors (Lipinski definition) is 6. The van der Waals surface area contributed by atoms with E-state index in [1.54, 1.807) is 58.6 Å². The maximum atomic E-state index is 12.3. The molecule has 0 aliphatic carbocycles. The molecule has 0 amide bonds. The molecule has 0 atom stereocenters. The van der Waals surface area contributed by atoms with Crippen molar-refractivity contribution in [2.75, 3.05) is 34.5 Å². The maximum Gasteiger partial charge on any atom is 0.240 e. The number of rotatable bonds is 9. The van der Waals surface area contributed by atoms with Gasteiger partial charge in [0.05, 0.1) is 26.2 Å². The molecule has 0 bridgehead atoms. The fourth-order valence-electron chi connectivity index (χ4n) is 2.31. The van der Waals surface area contributed by atoms with Gasteiger partial charge in [0.2, 0.25) is 10.0 Å². The molecule has 0 heterocycles. The van der Waals surface area contributed by atoms with Crippen LogP contribution >= 0.6 is 0 Å². The van der Waals surface area contributed by atoms with E-state index < -0.39 is 10.0 Å². The van der Waals surface area contributed by atoms with Gasteiger partial charge in [-0.1, -0.05) is 0 Å². The highest BCUT2D eigenvalue weighted by Crippen LogP contribution is 2.27. The lowest BCUT2D eigenvalue weighted by Gasteiger charge is -2.12. The average Bonchev–Trinajstić information content (AvgIpc) is 2.64.